The molecule has 1 atom stereocenters. The molecule has 0 bridgehead atoms. The van der Waals surface area contributed by atoms with Gasteiger partial charge in [-0.25, -0.2) is 4.98 Å². The number of aryl methyl sites for hydroxylation is 1. The maximum atomic E-state index is 6.30. The molecule has 4 nitrogen and oxygen atoms in total. The number of nitrogens with two attached hydrogens (primary N) is 2. The average molecular weight is 231 g/mol. The summed E-state index contributed by atoms with van der Waals surface area (Å²) in [5.41, 5.74) is 15.0. The smallest absolute Gasteiger partial charge is 0.192 e. The van der Waals surface area contributed by atoms with Gasteiger partial charge in [0.05, 0.1) is 0 Å². The summed E-state index contributed by atoms with van der Waals surface area (Å²) < 4.78 is 5.53. The fourth-order valence-corrected chi connectivity index (χ4v) is 2.41. The molecule has 1 aromatic carbocycles. The number of nitrogens with zero attached hydrogens (tertiary/aromatic N) is 1. The maximum Gasteiger partial charge on any atom is 0.192 e. The Kier molecular flexibility index (Phi) is 2.24. The van der Waals surface area contributed by atoms with Crippen molar-refractivity contribution in [1.82, 2.24) is 4.98 Å². The Morgan fingerprint density at radius 2 is 2.24 bits per heavy atom. The normalized spacial score (nSPS) is 19.5. The number of benzene rings is 1. The zero-order chi connectivity index (χ0) is 12.0. The second-order valence-electron chi connectivity index (χ2n) is 5.00. The molecule has 1 fully saturated rings. The molecular formula is C13H17N3O. The van der Waals surface area contributed by atoms with Crippen LogP contribution in [-0.2, 0) is 0 Å². The summed E-state index contributed by atoms with van der Waals surface area (Å²) >= 11 is 0. The molecule has 2 aromatic rings. The van der Waals surface area contributed by atoms with E-state index in [4.69, 9.17) is 15.9 Å². The van der Waals surface area contributed by atoms with Crippen LogP contribution in [0.4, 0.5) is 0 Å². The first kappa shape index (κ1) is 10.7. The third-order valence-electron chi connectivity index (χ3n) is 3.84. The largest absolute Gasteiger partial charge is 0.441 e. The van der Waals surface area contributed by atoms with Crippen LogP contribution in [0.2, 0.25) is 0 Å². The van der Waals surface area contributed by atoms with E-state index in [1.165, 1.54) is 0 Å². The highest BCUT2D eigenvalue weighted by Crippen LogP contribution is 2.53. The van der Waals surface area contributed by atoms with Gasteiger partial charge in [0.25, 0.3) is 0 Å². The minimum absolute atomic E-state index is 0.00214. The van der Waals surface area contributed by atoms with Crippen molar-refractivity contribution in [3.05, 3.63) is 29.7 Å². The quantitative estimate of drug-likeness (QED) is 0.845. The van der Waals surface area contributed by atoms with Gasteiger partial charge >= 0.3 is 0 Å². The van der Waals surface area contributed by atoms with Crippen molar-refractivity contribution in [2.45, 2.75) is 25.8 Å². The van der Waals surface area contributed by atoms with E-state index in [-0.39, 0.29) is 11.5 Å². The Bertz CT molecular complexity index is 557. The number of hydrogen-bond donors (Lipinski definition) is 2. The van der Waals surface area contributed by atoms with Gasteiger partial charge in [0.15, 0.2) is 11.5 Å². The van der Waals surface area contributed by atoms with Crippen LogP contribution in [0.15, 0.2) is 22.6 Å². The Morgan fingerprint density at radius 1 is 1.47 bits per heavy atom. The van der Waals surface area contributed by atoms with E-state index >= 15 is 0 Å². The van der Waals surface area contributed by atoms with Crippen LogP contribution in [0.1, 0.15) is 30.3 Å². The highest BCUT2D eigenvalue weighted by molar-refractivity contribution is 5.73. The first-order valence-electron chi connectivity index (χ1n) is 5.97. The minimum Gasteiger partial charge on any atom is -0.441 e. The van der Waals surface area contributed by atoms with Crippen LogP contribution < -0.4 is 11.5 Å². The molecule has 1 saturated carbocycles. The summed E-state index contributed by atoms with van der Waals surface area (Å²) in [5.74, 6) is 0.686. The molecule has 1 unspecified atom stereocenters. The monoisotopic (exact) mass is 231 g/mol. The van der Waals surface area contributed by atoms with Crippen molar-refractivity contribution in [3.8, 4) is 0 Å². The maximum absolute atomic E-state index is 6.30. The van der Waals surface area contributed by atoms with Gasteiger partial charge in [0.2, 0.25) is 0 Å². The molecule has 4 heteroatoms. The lowest BCUT2D eigenvalue weighted by molar-refractivity contribution is 0.419. The molecule has 0 aliphatic heterocycles. The molecule has 0 amide bonds. The molecule has 0 radical (unpaired) electrons. The lowest BCUT2D eigenvalue weighted by Gasteiger charge is -2.21. The highest BCUT2D eigenvalue weighted by atomic mass is 16.3. The second kappa shape index (κ2) is 3.55. The van der Waals surface area contributed by atoms with Crippen LogP contribution in [0, 0.1) is 12.3 Å². The Balaban J connectivity index is 2.00. The van der Waals surface area contributed by atoms with Gasteiger partial charge in [-0.3, -0.25) is 0 Å². The molecule has 1 aromatic heterocycles. The van der Waals surface area contributed by atoms with Crippen LogP contribution in [0.25, 0.3) is 11.1 Å². The predicted octanol–water partition coefficient (Wildman–Crippen LogP) is 1.87. The number of rotatable bonds is 3. The Morgan fingerprint density at radius 3 is 2.88 bits per heavy atom. The van der Waals surface area contributed by atoms with E-state index in [9.17, 15) is 0 Å². The SMILES string of the molecule is Cc1nc2ccc(C(N)C3(CN)CC3)cc2o1. The molecule has 4 N–H and O–H groups in total. The van der Waals surface area contributed by atoms with Gasteiger partial charge in [-0.05, 0) is 37.1 Å². The van der Waals surface area contributed by atoms with Crippen LogP contribution in [0.5, 0.6) is 0 Å². The highest BCUT2D eigenvalue weighted by Gasteiger charge is 2.47. The minimum atomic E-state index is 0.00214. The Labute approximate surface area is 100.0 Å². The molecule has 1 aliphatic rings. The van der Waals surface area contributed by atoms with E-state index in [0.717, 1.165) is 29.5 Å². The van der Waals surface area contributed by atoms with Crippen LogP contribution >= 0.6 is 0 Å². The van der Waals surface area contributed by atoms with Crippen molar-refractivity contribution >= 4 is 11.1 Å². The van der Waals surface area contributed by atoms with Gasteiger partial charge in [-0.2, -0.15) is 0 Å². The van der Waals surface area contributed by atoms with Crippen molar-refractivity contribution in [3.63, 3.8) is 0 Å². The molecule has 0 spiro atoms. The molecule has 3 rings (SSSR count). The van der Waals surface area contributed by atoms with Gasteiger partial charge in [-0.15, -0.1) is 0 Å². The van der Waals surface area contributed by atoms with E-state index in [2.05, 4.69) is 4.98 Å². The fraction of sp³-hybridized carbons (Fsp3) is 0.462. The lowest BCUT2D eigenvalue weighted by Crippen LogP contribution is -2.29. The molecule has 90 valence electrons. The second-order valence-corrected chi connectivity index (χ2v) is 5.00. The summed E-state index contributed by atoms with van der Waals surface area (Å²) in [6.45, 7) is 2.50. The predicted molar refractivity (Wildman–Crippen MR) is 66.4 cm³/mol. The zero-order valence-corrected chi connectivity index (χ0v) is 9.94. The number of fused-ring (bicyclic) bond motifs is 1. The standard InChI is InChI=1S/C13H17N3O/c1-8-16-10-3-2-9(6-11(10)17-8)12(15)13(7-14)4-5-13/h2-3,6,12H,4-5,7,14-15H2,1H3. The molecule has 1 heterocycles. The van der Waals surface area contributed by atoms with E-state index in [1.54, 1.807) is 0 Å². The van der Waals surface area contributed by atoms with Crippen molar-refractivity contribution in [2.24, 2.45) is 16.9 Å². The summed E-state index contributed by atoms with van der Waals surface area (Å²) in [6.07, 6.45) is 2.25. The first-order valence-corrected chi connectivity index (χ1v) is 5.97. The number of hydrogen-bond acceptors (Lipinski definition) is 4. The van der Waals surface area contributed by atoms with Crippen molar-refractivity contribution in [1.29, 1.82) is 0 Å². The van der Waals surface area contributed by atoms with Gasteiger partial charge in [-0.1, -0.05) is 6.07 Å². The average Bonchev–Trinajstić information content (AvgIpc) is 3.03. The zero-order valence-electron chi connectivity index (χ0n) is 9.94. The summed E-state index contributed by atoms with van der Waals surface area (Å²) in [7, 11) is 0. The topological polar surface area (TPSA) is 78.1 Å². The first-order chi connectivity index (χ1) is 8.14. The third-order valence-corrected chi connectivity index (χ3v) is 3.84. The molecular weight excluding hydrogens is 214 g/mol. The summed E-state index contributed by atoms with van der Waals surface area (Å²) in [4.78, 5) is 4.28. The number of aromatic nitrogens is 1. The molecule has 1 aliphatic carbocycles. The fourth-order valence-electron chi connectivity index (χ4n) is 2.41. The summed E-state index contributed by atoms with van der Waals surface area (Å²) in [5, 5.41) is 0. The van der Waals surface area contributed by atoms with Gasteiger partial charge in [0, 0.05) is 18.4 Å². The van der Waals surface area contributed by atoms with Crippen LogP contribution in [-0.4, -0.2) is 11.5 Å². The van der Waals surface area contributed by atoms with Gasteiger partial charge < -0.3 is 15.9 Å². The Hall–Kier alpha value is -1.39. The van der Waals surface area contributed by atoms with E-state index in [1.807, 2.05) is 25.1 Å². The van der Waals surface area contributed by atoms with Crippen molar-refractivity contribution in [2.75, 3.05) is 6.54 Å². The lowest BCUT2D eigenvalue weighted by atomic mass is 9.91. The van der Waals surface area contributed by atoms with Crippen molar-refractivity contribution < 1.29 is 4.42 Å². The van der Waals surface area contributed by atoms with Crippen LogP contribution in [0.3, 0.4) is 0 Å². The third kappa shape index (κ3) is 1.64. The number of oxazole rings is 1. The van der Waals surface area contributed by atoms with E-state index < -0.39 is 0 Å². The van der Waals surface area contributed by atoms with E-state index in [0.29, 0.717) is 12.4 Å². The molecule has 17 heavy (non-hydrogen) atoms. The molecule has 0 saturated heterocycles. The summed E-state index contributed by atoms with van der Waals surface area (Å²) in [6, 6.07) is 6.00. The van der Waals surface area contributed by atoms with Gasteiger partial charge in [0.1, 0.15) is 5.52 Å².